The minimum absolute atomic E-state index is 0.00641. The number of halogens is 1. The van der Waals surface area contributed by atoms with Gasteiger partial charge in [-0.25, -0.2) is 13.1 Å². The van der Waals surface area contributed by atoms with Gasteiger partial charge in [-0.15, -0.1) is 11.3 Å². The van der Waals surface area contributed by atoms with Gasteiger partial charge in [0.15, 0.2) is 0 Å². The lowest BCUT2D eigenvalue weighted by Crippen LogP contribution is -2.36. The molecule has 7 heteroatoms. The summed E-state index contributed by atoms with van der Waals surface area (Å²) in [6.07, 6.45) is 2.77. The molecule has 1 atom stereocenters. The van der Waals surface area contributed by atoms with E-state index in [2.05, 4.69) is 20.7 Å². The van der Waals surface area contributed by atoms with E-state index in [1.165, 1.54) is 11.3 Å². The molecule has 17 heavy (non-hydrogen) atoms. The molecule has 0 radical (unpaired) electrons. The molecule has 0 amide bonds. The standard InChI is InChI=1S/C10H16BrNO2S3/c1-4-8(6-15-3)12-17(13,14)9-5-10(11)16-7(9)2/h5,8,12H,4,6H2,1-3H3. The molecule has 1 unspecified atom stereocenters. The highest BCUT2D eigenvalue weighted by Crippen LogP contribution is 2.29. The van der Waals surface area contributed by atoms with E-state index in [0.717, 1.165) is 20.8 Å². The molecule has 0 aromatic carbocycles. The van der Waals surface area contributed by atoms with Crippen LogP contribution in [0.5, 0.6) is 0 Å². The molecule has 0 fully saturated rings. The van der Waals surface area contributed by atoms with Gasteiger partial charge in [0.25, 0.3) is 0 Å². The summed E-state index contributed by atoms with van der Waals surface area (Å²) in [5.41, 5.74) is 0. The van der Waals surface area contributed by atoms with Crippen LogP contribution in [0.3, 0.4) is 0 Å². The van der Waals surface area contributed by atoms with E-state index in [0.29, 0.717) is 4.90 Å². The van der Waals surface area contributed by atoms with Gasteiger partial charge in [0, 0.05) is 16.7 Å². The third kappa shape index (κ3) is 4.24. The third-order valence-electron chi connectivity index (χ3n) is 2.31. The highest BCUT2D eigenvalue weighted by Gasteiger charge is 2.22. The van der Waals surface area contributed by atoms with Crippen molar-refractivity contribution in [3.05, 3.63) is 14.7 Å². The van der Waals surface area contributed by atoms with Crippen LogP contribution in [0.2, 0.25) is 0 Å². The Hall–Kier alpha value is 0.440. The Bertz CT molecular complexity index is 470. The van der Waals surface area contributed by atoms with Crippen LogP contribution in [0, 0.1) is 6.92 Å². The fourth-order valence-corrected chi connectivity index (χ4v) is 5.98. The van der Waals surface area contributed by atoms with Gasteiger partial charge in [-0.05, 0) is 41.6 Å². The van der Waals surface area contributed by atoms with Crippen LogP contribution < -0.4 is 4.72 Å². The van der Waals surface area contributed by atoms with Crippen molar-refractivity contribution in [2.75, 3.05) is 12.0 Å². The molecule has 0 aliphatic carbocycles. The van der Waals surface area contributed by atoms with E-state index in [1.807, 2.05) is 20.1 Å². The number of thioether (sulfide) groups is 1. The first kappa shape index (κ1) is 15.5. The summed E-state index contributed by atoms with van der Waals surface area (Å²) in [7, 11) is -3.39. The molecule has 1 N–H and O–H groups in total. The summed E-state index contributed by atoms with van der Waals surface area (Å²) in [6, 6.07) is 1.65. The van der Waals surface area contributed by atoms with Crippen LogP contribution in [-0.2, 0) is 10.0 Å². The average molecular weight is 358 g/mol. The number of hydrogen-bond donors (Lipinski definition) is 1. The second-order valence-corrected chi connectivity index (χ2v) is 8.88. The fraction of sp³-hybridized carbons (Fsp3) is 0.600. The van der Waals surface area contributed by atoms with E-state index in [4.69, 9.17) is 0 Å². The Kier molecular flexibility index (Phi) is 5.98. The number of hydrogen-bond acceptors (Lipinski definition) is 4. The molecular formula is C10H16BrNO2S3. The van der Waals surface area contributed by atoms with Gasteiger partial charge in [-0.2, -0.15) is 11.8 Å². The van der Waals surface area contributed by atoms with E-state index >= 15 is 0 Å². The molecule has 0 spiro atoms. The van der Waals surface area contributed by atoms with Crippen molar-refractivity contribution in [1.29, 1.82) is 0 Å². The molecular weight excluding hydrogens is 342 g/mol. The van der Waals surface area contributed by atoms with Crippen LogP contribution in [0.4, 0.5) is 0 Å². The maximum absolute atomic E-state index is 12.2. The molecule has 1 aromatic rings. The van der Waals surface area contributed by atoms with Gasteiger partial charge in [0.05, 0.1) is 8.68 Å². The van der Waals surface area contributed by atoms with E-state index in [-0.39, 0.29) is 6.04 Å². The number of sulfonamides is 1. The summed E-state index contributed by atoms with van der Waals surface area (Å²) < 4.78 is 27.9. The van der Waals surface area contributed by atoms with Gasteiger partial charge in [0.2, 0.25) is 10.0 Å². The quantitative estimate of drug-likeness (QED) is 0.849. The van der Waals surface area contributed by atoms with Crippen LogP contribution in [0.1, 0.15) is 18.2 Å². The first-order valence-corrected chi connectivity index (χ1v) is 9.66. The van der Waals surface area contributed by atoms with Gasteiger partial charge in [0.1, 0.15) is 0 Å². The van der Waals surface area contributed by atoms with Crippen molar-refractivity contribution < 1.29 is 8.42 Å². The van der Waals surface area contributed by atoms with Crippen molar-refractivity contribution in [3.8, 4) is 0 Å². The predicted octanol–water partition coefficient (Wildman–Crippen LogP) is 3.24. The second-order valence-electron chi connectivity index (χ2n) is 3.65. The molecule has 1 rings (SSSR count). The zero-order valence-electron chi connectivity index (χ0n) is 9.99. The lowest BCUT2D eigenvalue weighted by atomic mass is 10.3. The molecule has 98 valence electrons. The molecule has 3 nitrogen and oxygen atoms in total. The Labute approximate surface area is 120 Å². The number of nitrogens with one attached hydrogen (secondary N) is 1. The Morgan fingerprint density at radius 2 is 2.24 bits per heavy atom. The second kappa shape index (κ2) is 6.56. The lowest BCUT2D eigenvalue weighted by molar-refractivity contribution is 0.558. The average Bonchev–Trinajstić information content (AvgIpc) is 2.57. The Balaban J connectivity index is 2.92. The van der Waals surface area contributed by atoms with E-state index < -0.39 is 10.0 Å². The summed E-state index contributed by atoms with van der Waals surface area (Å²) in [6.45, 7) is 3.80. The highest BCUT2D eigenvalue weighted by atomic mass is 79.9. The van der Waals surface area contributed by atoms with Crippen molar-refractivity contribution in [2.24, 2.45) is 0 Å². The van der Waals surface area contributed by atoms with E-state index in [1.54, 1.807) is 17.8 Å². The van der Waals surface area contributed by atoms with E-state index in [9.17, 15) is 8.42 Å². The minimum Gasteiger partial charge on any atom is -0.207 e. The summed E-state index contributed by atoms with van der Waals surface area (Å²) in [4.78, 5) is 1.19. The van der Waals surface area contributed by atoms with Crippen LogP contribution in [-0.4, -0.2) is 26.5 Å². The van der Waals surface area contributed by atoms with Crippen molar-refractivity contribution >= 4 is 49.1 Å². The number of aryl methyl sites for hydroxylation is 1. The SMILES string of the molecule is CCC(CSC)NS(=O)(=O)c1cc(Br)sc1C. The molecule has 1 aromatic heterocycles. The first-order chi connectivity index (χ1) is 7.90. The number of rotatable bonds is 6. The lowest BCUT2D eigenvalue weighted by Gasteiger charge is -2.15. The third-order valence-corrected chi connectivity index (χ3v) is 6.38. The van der Waals surface area contributed by atoms with Gasteiger partial charge >= 0.3 is 0 Å². The smallest absolute Gasteiger partial charge is 0.207 e. The molecule has 0 bridgehead atoms. The van der Waals surface area contributed by atoms with Crippen molar-refractivity contribution in [2.45, 2.75) is 31.2 Å². The van der Waals surface area contributed by atoms with Crippen molar-refractivity contribution in [3.63, 3.8) is 0 Å². The molecule has 0 saturated carbocycles. The van der Waals surface area contributed by atoms with Gasteiger partial charge in [-0.3, -0.25) is 0 Å². The maximum atomic E-state index is 12.2. The zero-order valence-corrected chi connectivity index (χ0v) is 14.0. The fourth-order valence-electron chi connectivity index (χ4n) is 1.42. The zero-order chi connectivity index (χ0) is 13.1. The number of thiophene rings is 1. The topological polar surface area (TPSA) is 46.2 Å². The maximum Gasteiger partial charge on any atom is 0.241 e. The summed E-state index contributed by atoms with van der Waals surface area (Å²) in [5.74, 6) is 0.792. The molecule has 1 heterocycles. The van der Waals surface area contributed by atoms with Crippen LogP contribution in [0.15, 0.2) is 14.7 Å². The van der Waals surface area contributed by atoms with Crippen LogP contribution in [0.25, 0.3) is 0 Å². The molecule has 0 saturated heterocycles. The van der Waals surface area contributed by atoms with Crippen LogP contribution >= 0.6 is 39.0 Å². The first-order valence-electron chi connectivity index (χ1n) is 5.18. The van der Waals surface area contributed by atoms with Gasteiger partial charge in [-0.1, -0.05) is 6.92 Å². The minimum atomic E-state index is -3.39. The normalized spacial score (nSPS) is 13.9. The summed E-state index contributed by atoms with van der Waals surface area (Å²) >= 11 is 6.39. The summed E-state index contributed by atoms with van der Waals surface area (Å²) in [5, 5.41) is 0. The monoisotopic (exact) mass is 357 g/mol. The highest BCUT2D eigenvalue weighted by molar-refractivity contribution is 9.11. The largest absolute Gasteiger partial charge is 0.241 e. The van der Waals surface area contributed by atoms with Crippen molar-refractivity contribution in [1.82, 2.24) is 4.72 Å². The Morgan fingerprint density at radius 3 is 2.65 bits per heavy atom. The van der Waals surface area contributed by atoms with Gasteiger partial charge < -0.3 is 0 Å². The molecule has 0 aliphatic heterocycles. The molecule has 0 aliphatic rings. The predicted molar refractivity (Wildman–Crippen MR) is 79.5 cm³/mol. The Morgan fingerprint density at radius 1 is 1.59 bits per heavy atom.